The van der Waals surface area contributed by atoms with Crippen molar-refractivity contribution >= 4 is 65.7 Å². The van der Waals surface area contributed by atoms with Crippen LogP contribution in [0.15, 0.2) is 150 Å². The lowest BCUT2D eigenvalue weighted by molar-refractivity contribution is 0.673. The van der Waals surface area contributed by atoms with Gasteiger partial charge in [0, 0.05) is 44.5 Å². The molecule has 218 valence electrons. The molecule has 4 aromatic heterocycles. The van der Waals surface area contributed by atoms with Crippen LogP contribution in [-0.4, -0.2) is 14.1 Å². The Labute approximate surface area is 268 Å². The fraction of sp³-hybridized carbons (Fsp3) is 0. The Balaban J connectivity index is 1.20. The summed E-state index contributed by atoms with van der Waals surface area (Å²) in [5.41, 5.74) is 10.4. The van der Waals surface area contributed by atoms with Gasteiger partial charge in [-0.15, -0.1) is 0 Å². The summed E-state index contributed by atoms with van der Waals surface area (Å²) in [4.78, 5) is 4.87. The molecule has 0 aliphatic heterocycles. The monoisotopic (exact) mass is 600 g/mol. The lowest BCUT2D eigenvalue weighted by Crippen LogP contribution is -1.97. The molecule has 0 fully saturated rings. The summed E-state index contributed by atoms with van der Waals surface area (Å²) in [6, 6.07) is 50.5. The molecule has 10 aromatic rings. The van der Waals surface area contributed by atoms with E-state index >= 15 is 0 Å². The van der Waals surface area contributed by atoms with Gasteiger partial charge in [-0.25, -0.2) is 4.98 Å². The van der Waals surface area contributed by atoms with Gasteiger partial charge in [0.15, 0.2) is 0 Å². The van der Waals surface area contributed by atoms with E-state index in [1.165, 1.54) is 10.8 Å². The second-order valence-corrected chi connectivity index (χ2v) is 11.9. The molecule has 0 atom stereocenters. The third-order valence-corrected chi connectivity index (χ3v) is 9.36. The number of aromatic nitrogens is 3. The Morgan fingerprint density at radius 2 is 1.26 bits per heavy atom. The van der Waals surface area contributed by atoms with Crippen molar-refractivity contribution in [3.63, 3.8) is 0 Å². The molecule has 47 heavy (non-hydrogen) atoms. The molecule has 0 spiro atoms. The molecule has 0 N–H and O–H groups in total. The van der Waals surface area contributed by atoms with Gasteiger partial charge in [-0.05, 0) is 83.9 Å². The fourth-order valence-corrected chi connectivity index (χ4v) is 7.37. The second-order valence-electron chi connectivity index (χ2n) is 11.9. The highest BCUT2D eigenvalue weighted by atomic mass is 16.3. The third-order valence-electron chi connectivity index (χ3n) is 9.36. The number of rotatable bonds is 3. The summed E-state index contributed by atoms with van der Waals surface area (Å²) < 4.78 is 10.9. The Hall–Kier alpha value is -6.64. The van der Waals surface area contributed by atoms with Gasteiger partial charge in [0.1, 0.15) is 16.8 Å². The molecular formula is C42H24N4O. The van der Waals surface area contributed by atoms with Crippen molar-refractivity contribution in [2.24, 2.45) is 0 Å². The van der Waals surface area contributed by atoms with Crippen LogP contribution < -0.4 is 0 Å². The average Bonchev–Trinajstić information content (AvgIpc) is 3.79. The predicted octanol–water partition coefficient (Wildman–Crippen LogP) is 10.7. The van der Waals surface area contributed by atoms with Crippen LogP contribution in [0.4, 0.5) is 0 Å². The average molecular weight is 601 g/mol. The van der Waals surface area contributed by atoms with E-state index in [9.17, 15) is 5.26 Å². The number of para-hydroxylation sites is 3. The van der Waals surface area contributed by atoms with Crippen LogP contribution in [0.1, 0.15) is 5.56 Å². The van der Waals surface area contributed by atoms with Crippen LogP contribution in [0, 0.1) is 11.3 Å². The van der Waals surface area contributed by atoms with Crippen LogP contribution in [-0.2, 0) is 0 Å². The summed E-state index contributed by atoms with van der Waals surface area (Å²) >= 11 is 0. The van der Waals surface area contributed by atoms with Gasteiger partial charge >= 0.3 is 0 Å². The molecule has 0 aliphatic carbocycles. The number of hydrogen-bond donors (Lipinski definition) is 0. The van der Waals surface area contributed by atoms with Crippen molar-refractivity contribution < 1.29 is 4.42 Å². The summed E-state index contributed by atoms with van der Waals surface area (Å²) in [5, 5.41) is 16.8. The van der Waals surface area contributed by atoms with Gasteiger partial charge in [-0.3, -0.25) is 4.57 Å². The highest BCUT2D eigenvalue weighted by Gasteiger charge is 2.20. The van der Waals surface area contributed by atoms with Crippen LogP contribution in [0.5, 0.6) is 0 Å². The highest BCUT2D eigenvalue weighted by molar-refractivity contribution is 6.23. The van der Waals surface area contributed by atoms with Crippen LogP contribution in [0.2, 0.25) is 0 Å². The molecule has 6 aromatic carbocycles. The molecule has 0 bridgehead atoms. The molecule has 0 saturated carbocycles. The zero-order chi connectivity index (χ0) is 31.1. The van der Waals surface area contributed by atoms with Gasteiger partial charge in [-0.2, -0.15) is 5.26 Å². The lowest BCUT2D eigenvalue weighted by Gasteiger charge is -2.13. The number of hydrogen-bond acceptors (Lipinski definition) is 3. The maximum Gasteiger partial charge on any atom is 0.145 e. The van der Waals surface area contributed by atoms with Gasteiger partial charge < -0.3 is 8.98 Å². The Morgan fingerprint density at radius 1 is 0.532 bits per heavy atom. The molecule has 5 heteroatoms. The quantitative estimate of drug-likeness (QED) is 0.203. The highest BCUT2D eigenvalue weighted by Crippen LogP contribution is 2.40. The minimum absolute atomic E-state index is 0.607. The normalized spacial score (nSPS) is 11.8. The van der Waals surface area contributed by atoms with Crippen LogP contribution in [0.25, 0.3) is 88.2 Å². The zero-order valence-corrected chi connectivity index (χ0v) is 25.1. The van der Waals surface area contributed by atoms with Gasteiger partial charge in [0.2, 0.25) is 0 Å². The van der Waals surface area contributed by atoms with Crippen molar-refractivity contribution in [2.45, 2.75) is 0 Å². The van der Waals surface area contributed by atoms with Gasteiger partial charge in [0.05, 0.1) is 33.6 Å². The maximum absolute atomic E-state index is 10.2. The molecule has 0 saturated heterocycles. The predicted molar refractivity (Wildman–Crippen MR) is 190 cm³/mol. The number of benzene rings is 6. The van der Waals surface area contributed by atoms with Crippen molar-refractivity contribution in [2.75, 3.05) is 0 Å². The minimum atomic E-state index is 0.607. The zero-order valence-electron chi connectivity index (χ0n) is 25.1. The van der Waals surface area contributed by atoms with E-state index in [4.69, 9.17) is 9.40 Å². The first-order valence-corrected chi connectivity index (χ1v) is 15.6. The molecule has 0 unspecified atom stereocenters. The van der Waals surface area contributed by atoms with E-state index in [1.807, 2.05) is 42.6 Å². The minimum Gasteiger partial charge on any atom is -0.455 e. The maximum atomic E-state index is 10.2. The second kappa shape index (κ2) is 9.68. The van der Waals surface area contributed by atoms with E-state index in [0.29, 0.717) is 5.56 Å². The SMILES string of the molecule is N#Cc1cc(-c2cccc(-n3c4ccc5c6ccccc6oc5c4c4cccnc43)c2)cc(-n2c3ccccc3c3ccccc32)c1. The number of furan rings is 1. The molecule has 0 aliphatic rings. The third kappa shape index (κ3) is 3.67. The van der Waals surface area contributed by atoms with Crippen molar-refractivity contribution in [1.29, 1.82) is 5.26 Å². The Bertz CT molecular complexity index is 2880. The van der Waals surface area contributed by atoms with E-state index < -0.39 is 0 Å². The van der Waals surface area contributed by atoms with Crippen molar-refractivity contribution in [3.05, 3.63) is 151 Å². The molecule has 0 amide bonds. The van der Waals surface area contributed by atoms with E-state index in [-0.39, 0.29) is 0 Å². The number of pyridine rings is 1. The Kier molecular flexibility index (Phi) is 5.28. The van der Waals surface area contributed by atoms with E-state index in [0.717, 1.165) is 77.4 Å². The van der Waals surface area contributed by atoms with Crippen molar-refractivity contribution in [3.8, 4) is 28.6 Å². The molecule has 10 rings (SSSR count). The molecular weight excluding hydrogens is 576 g/mol. The lowest BCUT2D eigenvalue weighted by atomic mass is 10.0. The largest absolute Gasteiger partial charge is 0.455 e. The first kappa shape index (κ1) is 25.7. The van der Waals surface area contributed by atoms with Crippen molar-refractivity contribution in [1.82, 2.24) is 14.1 Å². The first-order chi connectivity index (χ1) is 23.3. The van der Waals surface area contributed by atoms with E-state index in [1.54, 1.807) is 0 Å². The van der Waals surface area contributed by atoms with E-state index in [2.05, 4.69) is 118 Å². The van der Waals surface area contributed by atoms with Crippen LogP contribution >= 0.6 is 0 Å². The molecule has 5 nitrogen and oxygen atoms in total. The van der Waals surface area contributed by atoms with Crippen LogP contribution in [0.3, 0.4) is 0 Å². The summed E-state index contributed by atoms with van der Waals surface area (Å²) in [6.45, 7) is 0. The molecule has 0 radical (unpaired) electrons. The summed E-state index contributed by atoms with van der Waals surface area (Å²) in [5.74, 6) is 0. The Morgan fingerprint density at radius 3 is 2.06 bits per heavy atom. The smallest absolute Gasteiger partial charge is 0.145 e. The molecule has 4 heterocycles. The topological polar surface area (TPSA) is 59.7 Å². The van der Waals surface area contributed by atoms with Gasteiger partial charge in [0.25, 0.3) is 0 Å². The fourth-order valence-electron chi connectivity index (χ4n) is 7.37. The number of fused-ring (bicyclic) bond motifs is 10. The van der Waals surface area contributed by atoms with Gasteiger partial charge in [-0.1, -0.05) is 66.7 Å². The standard InChI is InChI=1S/C42H24N4O/c43-25-26-21-28(24-30(22-26)45-36-15-4-1-11-31(36)32-12-2-5-16-37(32)45)27-9-7-10-29(23-27)46-38-19-18-34-33-13-3-6-17-39(33)47-41(34)40(38)35-14-8-20-44-42(35)46/h1-24H. The summed E-state index contributed by atoms with van der Waals surface area (Å²) in [7, 11) is 0. The first-order valence-electron chi connectivity index (χ1n) is 15.6. The number of nitriles is 1. The number of nitrogens with zero attached hydrogens (tertiary/aromatic N) is 4. The summed E-state index contributed by atoms with van der Waals surface area (Å²) in [6.07, 6.45) is 1.84.